The van der Waals surface area contributed by atoms with Crippen molar-refractivity contribution in [1.29, 1.82) is 0 Å². The summed E-state index contributed by atoms with van der Waals surface area (Å²) in [5.74, 6) is -0.670. The molecular weight excluding hydrogens is 226 g/mol. The van der Waals surface area contributed by atoms with Crippen LogP contribution in [0.1, 0.15) is 19.8 Å². The van der Waals surface area contributed by atoms with E-state index in [1.54, 1.807) is 0 Å². The fourth-order valence-electron chi connectivity index (χ4n) is 1.90. The van der Waals surface area contributed by atoms with Crippen molar-refractivity contribution in [3.05, 3.63) is 0 Å². The van der Waals surface area contributed by atoms with Crippen LogP contribution in [0.2, 0.25) is 0 Å². The smallest absolute Gasteiger partial charge is 0.328 e. The highest BCUT2D eigenvalue weighted by atomic mass is 16.5. The molecule has 1 fully saturated rings. The molecule has 0 aliphatic carbocycles. The molecule has 1 rings (SSSR count). The fourth-order valence-corrected chi connectivity index (χ4v) is 1.90. The Hall–Kier alpha value is -1.14. The highest BCUT2D eigenvalue weighted by Gasteiger charge is 2.39. The van der Waals surface area contributed by atoms with Gasteiger partial charge in [0.1, 0.15) is 6.04 Å². The summed E-state index contributed by atoms with van der Waals surface area (Å²) in [4.78, 5) is 24.6. The van der Waals surface area contributed by atoms with Crippen LogP contribution in [-0.2, 0) is 19.1 Å². The molecule has 0 radical (unpaired) electrons. The summed E-state index contributed by atoms with van der Waals surface area (Å²) >= 11 is 0. The van der Waals surface area contributed by atoms with E-state index in [0.29, 0.717) is 13.2 Å². The Labute approximate surface area is 100 Å². The summed E-state index contributed by atoms with van der Waals surface area (Å²) in [5.41, 5.74) is 0. The van der Waals surface area contributed by atoms with Crippen molar-refractivity contribution in [3.63, 3.8) is 0 Å². The largest absolute Gasteiger partial charge is 0.467 e. The van der Waals surface area contributed by atoms with E-state index in [9.17, 15) is 14.7 Å². The van der Waals surface area contributed by atoms with Crippen molar-refractivity contribution < 1.29 is 24.2 Å². The Bertz CT molecular complexity index is 281. The zero-order valence-electron chi connectivity index (χ0n) is 10.2. The van der Waals surface area contributed by atoms with Gasteiger partial charge >= 0.3 is 5.97 Å². The molecule has 0 aromatic heterocycles. The lowest BCUT2D eigenvalue weighted by atomic mass is 10.2. The highest BCUT2D eigenvalue weighted by molar-refractivity contribution is 5.85. The summed E-state index contributed by atoms with van der Waals surface area (Å²) in [6.45, 7) is 2.91. The molecule has 0 bridgehead atoms. The van der Waals surface area contributed by atoms with Gasteiger partial charge in [-0.2, -0.15) is 0 Å². The summed E-state index contributed by atoms with van der Waals surface area (Å²) in [6, 6.07) is -0.663. The van der Waals surface area contributed by atoms with E-state index in [1.807, 2.05) is 6.92 Å². The van der Waals surface area contributed by atoms with Gasteiger partial charge in [-0.25, -0.2) is 4.79 Å². The number of ether oxygens (including phenoxy) is 2. The summed E-state index contributed by atoms with van der Waals surface area (Å²) in [7, 11) is 1.27. The second-order valence-electron chi connectivity index (χ2n) is 3.92. The van der Waals surface area contributed by atoms with Gasteiger partial charge in [0.15, 0.2) is 0 Å². The van der Waals surface area contributed by atoms with Crippen LogP contribution in [0.5, 0.6) is 0 Å². The molecule has 1 aliphatic rings. The first-order chi connectivity index (χ1) is 8.10. The predicted molar refractivity (Wildman–Crippen MR) is 59.3 cm³/mol. The molecule has 2 unspecified atom stereocenters. The van der Waals surface area contributed by atoms with E-state index >= 15 is 0 Å². The van der Waals surface area contributed by atoms with Crippen LogP contribution < -0.4 is 0 Å². The van der Waals surface area contributed by atoms with Crippen LogP contribution in [0.3, 0.4) is 0 Å². The average molecular weight is 245 g/mol. The molecule has 0 aromatic carbocycles. The number of β-amino-alcohol motifs (C(OH)–C–C–N with tert-alkyl or cyclic N) is 1. The lowest BCUT2D eigenvalue weighted by Gasteiger charge is -2.22. The maximum atomic E-state index is 11.8. The Morgan fingerprint density at radius 1 is 1.47 bits per heavy atom. The molecule has 98 valence electrons. The number of amides is 1. The molecule has 1 aliphatic heterocycles. The van der Waals surface area contributed by atoms with E-state index < -0.39 is 18.1 Å². The van der Waals surface area contributed by atoms with Crippen LogP contribution in [0, 0.1) is 0 Å². The number of hydrogen-bond donors (Lipinski definition) is 1. The first kappa shape index (κ1) is 13.9. The lowest BCUT2D eigenvalue weighted by Crippen LogP contribution is -2.41. The van der Waals surface area contributed by atoms with Gasteiger partial charge < -0.3 is 19.5 Å². The zero-order valence-corrected chi connectivity index (χ0v) is 10.2. The fraction of sp³-hybridized carbons (Fsp3) is 0.818. The molecule has 0 aromatic rings. The number of rotatable bonds is 5. The van der Waals surface area contributed by atoms with Crippen LogP contribution in [0.4, 0.5) is 0 Å². The van der Waals surface area contributed by atoms with Crippen molar-refractivity contribution in [2.45, 2.75) is 31.9 Å². The first-order valence-corrected chi connectivity index (χ1v) is 5.73. The van der Waals surface area contributed by atoms with Gasteiger partial charge in [0.25, 0.3) is 0 Å². The number of hydrogen-bond acceptors (Lipinski definition) is 5. The third kappa shape index (κ3) is 3.67. The molecule has 6 nitrogen and oxygen atoms in total. The Balaban J connectivity index is 2.54. The van der Waals surface area contributed by atoms with Gasteiger partial charge in [0, 0.05) is 19.6 Å². The van der Waals surface area contributed by atoms with Crippen molar-refractivity contribution >= 4 is 11.9 Å². The van der Waals surface area contributed by atoms with E-state index in [0.717, 1.165) is 0 Å². The van der Waals surface area contributed by atoms with Gasteiger partial charge in [-0.1, -0.05) is 0 Å². The van der Waals surface area contributed by atoms with E-state index in [4.69, 9.17) is 4.74 Å². The first-order valence-electron chi connectivity index (χ1n) is 5.73. The molecule has 0 spiro atoms. The minimum atomic E-state index is -0.663. The third-order valence-electron chi connectivity index (χ3n) is 2.74. The number of likely N-dealkylation sites (tertiary alicyclic amines) is 1. The molecule has 17 heavy (non-hydrogen) atoms. The maximum Gasteiger partial charge on any atom is 0.328 e. The number of esters is 1. The standard InChI is InChI=1S/C11H19NO5/c1-3-17-5-4-10(14)12-7-8(13)6-9(12)11(15)16-2/h8-9,13H,3-7H2,1-2H3. The molecule has 1 amide bonds. The second kappa shape index (κ2) is 6.56. The average Bonchev–Trinajstić information content (AvgIpc) is 2.70. The predicted octanol–water partition coefficient (Wildman–Crippen LogP) is -0.452. The van der Waals surface area contributed by atoms with Gasteiger partial charge in [0.2, 0.25) is 5.91 Å². The molecule has 6 heteroatoms. The van der Waals surface area contributed by atoms with Crippen molar-refractivity contribution in [2.75, 3.05) is 26.9 Å². The lowest BCUT2D eigenvalue weighted by molar-refractivity contribution is -0.151. The SMILES string of the molecule is CCOCCC(=O)N1CC(O)CC1C(=O)OC. The van der Waals surface area contributed by atoms with Gasteiger partial charge in [-0.3, -0.25) is 4.79 Å². The zero-order chi connectivity index (χ0) is 12.8. The normalized spacial score (nSPS) is 23.8. The Morgan fingerprint density at radius 2 is 2.18 bits per heavy atom. The number of methoxy groups -OCH3 is 1. The monoisotopic (exact) mass is 245 g/mol. The van der Waals surface area contributed by atoms with Gasteiger partial charge in [-0.15, -0.1) is 0 Å². The Morgan fingerprint density at radius 3 is 2.76 bits per heavy atom. The van der Waals surface area contributed by atoms with Crippen LogP contribution in [-0.4, -0.2) is 60.9 Å². The van der Waals surface area contributed by atoms with E-state index in [-0.39, 0.29) is 25.3 Å². The third-order valence-corrected chi connectivity index (χ3v) is 2.74. The molecular formula is C11H19NO5. The van der Waals surface area contributed by atoms with Crippen LogP contribution in [0.25, 0.3) is 0 Å². The minimum absolute atomic E-state index is 0.185. The summed E-state index contributed by atoms with van der Waals surface area (Å²) < 4.78 is 9.70. The summed E-state index contributed by atoms with van der Waals surface area (Å²) in [6.07, 6.45) is -0.198. The molecule has 2 atom stereocenters. The molecule has 1 heterocycles. The summed E-state index contributed by atoms with van der Waals surface area (Å²) in [5, 5.41) is 9.50. The minimum Gasteiger partial charge on any atom is -0.467 e. The number of aliphatic hydroxyl groups is 1. The van der Waals surface area contributed by atoms with Crippen LogP contribution in [0.15, 0.2) is 0 Å². The number of carbonyl (C=O) groups excluding carboxylic acids is 2. The number of nitrogens with zero attached hydrogens (tertiary/aromatic N) is 1. The van der Waals surface area contributed by atoms with Crippen molar-refractivity contribution in [1.82, 2.24) is 4.90 Å². The number of aliphatic hydroxyl groups excluding tert-OH is 1. The van der Waals surface area contributed by atoms with Gasteiger partial charge in [-0.05, 0) is 6.92 Å². The van der Waals surface area contributed by atoms with Crippen molar-refractivity contribution in [3.8, 4) is 0 Å². The quantitative estimate of drug-likeness (QED) is 0.524. The maximum absolute atomic E-state index is 11.8. The topological polar surface area (TPSA) is 76.1 Å². The highest BCUT2D eigenvalue weighted by Crippen LogP contribution is 2.19. The molecule has 1 N–H and O–H groups in total. The van der Waals surface area contributed by atoms with Crippen molar-refractivity contribution in [2.24, 2.45) is 0 Å². The van der Waals surface area contributed by atoms with Gasteiger partial charge in [0.05, 0.1) is 26.2 Å². The molecule has 0 saturated carbocycles. The Kier molecular flexibility index (Phi) is 5.37. The number of carbonyl (C=O) groups is 2. The van der Waals surface area contributed by atoms with E-state index in [1.165, 1.54) is 12.0 Å². The van der Waals surface area contributed by atoms with E-state index in [2.05, 4.69) is 4.74 Å². The molecule has 1 saturated heterocycles. The second-order valence-corrected chi connectivity index (χ2v) is 3.92. The van der Waals surface area contributed by atoms with Crippen LogP contribution >= 0.6 is 0 Å².